The number of amides is 1. The quantitative estimate of drug-likeness (QED) is 0.402. The second kappa shape index (κ2) is 4.59. The maximum atomic E-state index is 11.4. The first-order valence-electron chi connectivity index (χ1n) is 4.96. The Hall–Kier alpha value is -0.810. The monoisotopic (exact) mass is 249 g/mol. The van der Waals surface area contributed by atoms with Gasteiger partial charge in [0, 0.05) is 5.41 Å². The molecule has 0 aromatic heterocycles. The van der Waals surface area contributed by atoms with Crippen LogP contribution in [0.25, 0.3) is 0 Å². The van der Waals surface area contributed by atoms with Gasteiger partial charge in [0.15, 0.2) is 6.04 Å². The van der Waals surface area contributed by atoms with Crippen molar-refractivity contribution in [2.45, 2.75) is 33.0 Å². The molecule has 0 bridgehead atoms. The maximum Gasteiger partial charge on any atom is 0.331 e. The van der Waals surface area contributed by atoms with Crippen molar-refractivity contribution >= 4 is 22.9 Å². The molecule has 0 aromatic carbocycles. The summed E-state index contributed by atoms with van der Waals surface area (Å²) in [6.07, 6.45) is -0.512. The minimum absolute atomic E-state index is 0.118. The van der Waals surface area contributed by atoms with Crippen LogP contribution in [0.3, 0.4) is 0 Å². The van der Waals surface area contributed by atoms with Gasteiger partial charge in [0.25, 0.3) is 0 Å². The lowest BCUT2D eigenvalue weighted by Crippen LogP contribution is -2.48. The molecule has 92 valence electrons. The summed E-state index contributed by atoms with van der Waals surface area (Å²) in [6.45, 7) is 5.84. The largest absolute Gasteiger partial charge is 0.467 e. The average Bonchev–Trinajstić information content (AvgIpc) is 2.59. The van der Waals surface area contributed by atoms with E-state index in [0.29, 0.717) is 0 Å². The molecule has 2 atom stereocenters. The molecule has 1 fully saturated rings. The fourth-order valence-corrected chi connectivity index (χ4v) is 1.91. The summed E-state index contributed by atoms with van der Waals surface area (Å²) in [6, 6.07) is -0.751. The molecule has 0 saturated carbocycles. The second-order valence-corrected chi connectivity index (χ2v) is 5.07. The van der Waals surface area contributed by atoms with Crippen LogP contribution in [-0.2, 0) is 14.3 Å². The van der Waals surface area contributed by atoms with Crippen LogP contribution in [0.15, 0.2) is 0 Å². The molecule has 5 nitrogen and oxygen atoms in total. The first-order chi connectivity index (χ1) is 7.29. The van der Waals surface area contributed by atoms with Gasteiger partial charge in [-0.2, -0.15) is 0 Å². The van der Waals surface area contributed by atoms with Crippen LogP contribution in [0, 0.1) is 5.41 Å². The van der Waals surface area contributed by atoms with E-state index >= 15 is 0 Å². The van der Waals surface area contributed by atoms with E-state index in [0.717, 1.165) is 0 Å². The summed E-state index contributed by atoms with van der Waals surface area (Å²) in [4.78, 5) is 24.0. The lowest BCUT2D eigenvalue weighted by molar-refractivity contribution is -0.145. The fraction of sp³-hybridized carbons (Fsp3) is 0.800. The molecule has 1 heterocycles. The number of hydrogen-bond donors (Lipinski definition) is 0. The molecule has 1 saturated heterocycles. The average molecular weight is 250 g/mol. The number of hydrogen-bond acceptors (Lipinski definition) is 4. The number of rotatable bonds is 1. The summed E-state index contributed by atoms with van der Waals surface area (Å²) in [5, 5.41) is -0.701. The van der Waals surface area contributed by atoms with Gasteiger partial charge < -0.3 is 9.47 Å². The Balaban J connectivity index is 2.94. The van der Waals surface area contributed by atoms with Crippen molar-refractivity contribution in [3.63, 3.8) is 0 Å². The highest BCUT2D eigenvalue weighted by molar-refractivity contribution is 6.63. The Labute approximate surface area is 99.6 Å². The van der Waals surface area contributed by atoms with Crippen molar-refractivity contribution in [1.29, 1.82) is 0 Å². The Bertz CT molecular complexity index is 300. The van der Waals surface area contributed by atoms with E-state index in [1.165, 1.54) is 12.0 Å². The van der Waals surface area contributed by atoms with E-state index in [-0.39, 0.29) is 12.0 Å². The zero-order chi connectivity index (χ0) is 12.5. The summed E-state index contributed by atoms with van der Waals surface area (Å²) in [5.74, 6) is -0.513. The molecule has 0 unspecified atom stereocenters. The van der Waals surface area contributed by atoms with E-state index in [2.05, 4.69) is 4.74 Å². The summed E-state index contributed by atoms with van der Waals surface area (Å²) >= 11 is 5.48. The summed E-state index contributed by atoms with van der Waals surface area (Å²) in [5.41, 5.74) is -0.312. The minimum Gasteiger partial charge on any atom is -0.467 e. The van der Waals surface area contributed by atoms with Crippen molar-refractivity contribution in [2.75, 3.05) is 13.7 Å². The van der Waals surface area contributed by atoms with E-state index in [1.54, 1.807) is 0 Å². The smallest absolute Gasteiger partial charge is 0.331 e. The molecule has 0 spiro atoms. The SMILES string of the molecule is COC(=O)[C@@H]1CO[C@H](C(C)(C)C)N1C(=O)Cl. The minimum atomic E-state index is -0.751. The van der Waals surface area contributed by atoms with Crippen molar-refractivity contribution in [3.05, 3.63) is 0 Å². The standard InChI is InChI=1S/C10H16ClNO4/c1-10(2,3)8-12(9(11)14)6(5-16-8)7(13)15-4/h6,8H,5H2,1-4H3/t6-,8+/m0/s1. The first kappa shape index (κ1) is 13.3. The molecule has 0 aromatic rings. The number of carbonyl (C=O) groups excluding carboxylic acids is 2. The van der Waals surface area contributed by atoms with Crippen LogP contribution in [-0.4, -0.2) is 42.2 Å². The summed E-state index contributed by atoms with van der Waals surface area (Å²) < 4.78 is 10.1. The molecular formula is C10H16ClNO4. The van der Waals surface area contributed by atoms with Crippen LogP contribution in [0.1, 0.15) is 20.8 Å². The first-order valence-corrected chi connectivity index (χ1v) is 5.34. The third-order valence-electron chi connectivity index (χ3n) is 2.42. The number of ether oxygens (including phenoxy) is 2. The molecule has 1 rings (SSSR count). The predicted octanol–water partition coefficient (Wildman–Crippen LogP) is 1.59. The number of methoxy groups -OCH3 is 1. The van der Waals surface area contributed by atoms with Gasteiger partial charge in [-0.15, -0.1) is 0 Å². The van der Waals surface area contributed by atoms with Gasteiger partial charge in [-0.1, -0.05) is 20.8 Å². The molecule has 0 radical (unpaired) electrons. The molecule has 1 amide bonds. The van der Waals surface area contributed by atoms with Crippen LogP contribution in [0.2, 0.25) is 0 Å². The van der Waals surface area contributed by atoms with Crippen molar-refractivity contribution in [3.8, 4) is 0 Å². The number of carbonyl (C=O) groups is 2. The molecule has 0 aliphatic carbocycles. The van der Waals surface area contributed by atoms with Crippen molar-refractivity contribution < 1.29 is 19.1 Å². The molecule has 16 heavy (non-hydrogen) atoms. The zero-order valence-electron chi connectivity index (χ0n) is 9.82. The normalized spacial score (nSPS) is 25.7. The highest BCUT2D eigenvalue weighted by atomic mass is 35.5. The molecule has 6 heteroatoms. The number of halogens is 1. The maximum absolute atomic E-state index is 11.4. The van der Waals surface area contributed by atoms with Crippen LogP contribution >= 0.6 is 11.6 Å². The molecule has 1 aliphatic rings. The lowest BCUT2D eigenvalue weighted by Gasteiger charge is -2.33. The van der Waals surface area contributed by atoms with Gasteiger partial charge in [-0.3, -0.25) is 9.69 Å². The molecule has 0 N–H and O–H groups in total. The van der Waals surface area contributed by atoms with Gasteiger partial charge in [-0.25, -0.2) is 4.79 Å². The highest BCUT2D eigenvalue weighted by Crippen LogP contribution is 2.32. The van der Waals surface area contributed by atoms with Gasteiger partial charge in [-0.05, 0) is 11.6 Å². The number of esters is 1. The molecule has 1 aliphatic heterocycles. The van der Waals surface area contributed by atoms with E-state index in [9.17, 15) is 9.59 Å². The third kappa shape index (κ3) is 2.47. The van der Waals surface area contributed by atoms with Gasteiger partial charge in [0.05, 0.1) is 13.7 Å². The lowest BCUT2D eigenvalue weighted by atomic mass is 9.93. The van der Waals surface area contributed by atoms with Crippen molar-refractivity contribution in [1.82, 2.24) is 4.90 Å². The second-order valence-electron chi connectivity index (χ2n) is 4.75. The Kier molecular flexibility index (Phi) is 3.80. The van der Waals surface area contributed by atoms with Crippen LogP contribution < -0.4 is 0 Å². The zero-order valence-corrected chi connectivity index (χ0v) is 10.6. The summed E-state index contributed by atoms with van der Waals surface area (Å²) in [7, 11) is 1.27. The number of nitrogens with zero attached hydrogens (tertiary/aromatic N) is 1. The Morgan fingerprint density at radius 2 is 2.00 bits per heavy atom. The topological polar surface area (TPSA) is 55.8 Å². The van der Waals surface area contributed by atoms with Gasteiger partial charge in [0.2, 0.25) is 0 Å². The van der Waals surface area contributed by atoms with E-state index in [4.69, 9.17) is 16.3 Å². The Morgan fingerprint density at radius 1 is 1.44 bits per heavy atom. The van der Waals surface area contributed by atoms with E-state index < -0.39 is 23.6 Å². The van der Waals surface area contributed by atoms with E-state index in [1.807, 2.05) is 20.8 Å². The Morgan fingerprint density at radius 3 is 2.38 bits per heavy atom. The van der Waals surface area contributed by atoms with Crippen LogP contribution in [0.4, 0.5) is 4.79 Å². The van der Waals surface area contributed by atoms with Crippen LogP contribution in [0.5, 0.6) is 0 Å². The molecular weight excluding hydrogens is 234 g/mol. The van der Waals surface area contributed by atoms with Crippen molar-refractivity contribution in [2.24, 2.45) is 5.41 Å². The van der Waals surface area contributed by atoms with Gasteiger partial charge >= 0.3 is 11.3 Å². The third-order valence-corrected chi connectivity index (χ3v) is 2.61. The fourth-order valence-electron chi connectivity index (χ4n) is 1.71. The van der Waals surface area contributed by atoms with Gasteiger partial charge in [0.1, 0.15) is 6.23 Å². The highest BCUT2D eigenvalue weighted by Gasteiger charge is 2.47. The predicted molar refractivity (Wildman–Crippen MR) is 58.1 cm³/mol.